The SMILES string of the molecule is CC(=O)c1cc(C(=O)Nc2cc(CO)cc(-c3cnn(C)c3)c2F)c2cc(OCC(=O)NCC#Cc3cccc4c3C(=O)N(C3CCC(=O)NC3=O)C4=O)ccn12. The Bertz CT molecular complexity index is 2630. The maximum Gasteiger partial charge on any atom is 0.263 e. The zero-order chi connectivity index (χ0) is 40.5. The normalized spacial score (nSPS) is 14.9. The van der Waals surface area contributed by atoms with Crippen LogP contribution < -0.4 is 20.7 Å². The van der Waals surface area contributed by atoms with Crippen molar-refractivity contribution in [1.82, 2.24) is 29.7 Å². The summed E-state index contributed by atoms with van der Waals surface area (Å²) in [6.45, 7) is 0.270. The van der Waals surface area contributed by atoms with Crippen molar-refractivity contribution in [2.75, 3.05) is 18.5 Å². The van der Waals surface area contributed by atoms with Gasteiger partial charge in [0, 0.05) is 55.5 Å². The largest absolute Gasteiger partial charge is 0.484 e. The third-order valence-electron chi connectivity index (χ3n) is 9.36. The lowest BCUT2D eigenvalue weighted by atomic mass is 10.0. The lowest BCUT2D eigenvalue weighted by Crippen LogP contribution is -2.54. The summed E-state index contributed by atoms with van der Waals surface area (Å²) in [5.41, 5.74) is 1.40. The Morgan fingerprint density at radius 3 is 2.60 bits per heavy atom. The van der Waals surface area contributed by atoms with Crippen LogP contribution in [0.15, 0.2) is 67.1 Å². The number of pyridine rings is 1. The van der Waals surface area contributed by atoms with Gasteiger partial charge in [0.15, 0.2) is 18.2 Å². The molecule has 2 aliphatic heterocycles. The van der Waals surface area contributed by atoms with Gasteiger partial charge in [0.1, 0.15) is 11.8 Å². The molecule has 0 spiro atoms. The summed E-state index contributed by atoms with van der Waals surface area (Å²) >= 11 is 0. The van der Waals surface area contributed by atoms with Gasteiger partial charge in [0.25, 0.3) is 23.6 Å². The highest BCUT2D eigenvalue weighted by molar-refractivity contribution is 6.24. The molecule has 17 heteroatoms. The van der Waals surface area contributed by atoms with Crippen molar-refractivity contribution in [2.24, 2.45) is 7.05 Å². The first kappa shape index (κ1) is 37.8. The van der Waals surface area contributed by atoms with Crippen molar-refractivity contribution < 1.29 is 47.8 Å². The topological polar surface area (TPSA) is 211 Å². The van der Waals surface area contributed by atoms with E-state index in [0.29, 0.717) is 11.1 Å². The predicted molar refractivity (Wildman–Crippen MR) is 198 cm³/mol. The number of nitrogens with zero attached hydrogens (tertiary/aromatic N) is 4. The summed E-state index contributed by atoms with van der Waals surface area (Å²) in [6, 6.07) is 10.4. The number of carbonyl (C=O) groups is 7. The molecule has 1 fully saturated rings. The van der Waals surface area contributed by atoms with Gasteiger partial charge >= 0.3 is 0 Å². The Kier molecular flexibility index (Phi) is 10.2. The summed E-state index contributed by atoms with van der Waals surface area (Å²) in [6.07, 6.45) is 4.52. The van der Waals surface area contributed by atoms with E-state index < -0.39 is 60.5 Å². The third kappa shape index (κ3) is 7.36. The van der Waals surface area contributed by atoms with Crippen molar-refractivity contribution in [3.8, 4) is 28.7 Å². The van der Waals surface area contributed by atoms with E-state index in [9.17, 15) is 38.7 Å². The lowest BCUT2D eigenvalue weighted by molar-refractivity contribution is -0.136. The molecule has 0 bridgehead atoms. The van der Waals surface area contributed by atoms with E-state index in [1.54, 1.807) is 13.2 Å². The van der Waals surface area contributed by atoms with Crippen LogP contribution in [0.4, 0.5) is 10.1 Å². The minimum absolute atomic E-state index is 0.00918. The van der Waals surface area contributed by atoms with Crippen LogP contribution in [-0.4, -0.2) is 84.6 Å². The van der Waals surface area contributed by atoms with Gasteiger partial charge in [-0.1, -0.05) is 17.9 Å². The molecule has 2 aromatic carbocycles. The van der Waals surface area contributed by atoms with E-state index in [1.165, 1.54) is 76.9 Å². The zero-order valence-corrected chi connectivity index (χ0v) is 30.3. The number of imide groups is 2. The van der Waals surface area contributed by atoms with Gasteiger partial charge in [-0.3, -0.25) is 48.5 Å². The minimum atomic E-state index is -1.12. The number of benzene rings is 2. The molecular formula is C40H32FN7O9. The maximum absolute atomic E-state index is 15.7. The van der Waals surface area contributed by atoms with E-state index >= 15 is 4.39 Å². The number of aryl methyl sites for hydroxylation is 1. The highest BCUT2D eigenvalue weighted by Crippen LogP contribution is 2.32. The molecule has 3 aromatic heterocycles. The number of aliphatic hydroxyl groups excluding tert-OH is 1. The number of fused-ring (bicyclic) bond motifs is 2. The second kappa shape index (κ2) is 15.4. The lowest BCUT2D eigenvalue weighted by Gasteiger charge is -2.27. The third-order valence-corrected chi connectivity index (χ3v) is 9.36. The number of hydrogen-bond acceptors (Lipinski definition) is 10. The minimum Gasteiger partial charge on any atom is -0.484 e. The predicted octanol–water partition coefficient (Wildman–Crippen LogP) is 2.37. The zero-order valence-electron chi connectivity index (χ0n) is 30.3. The fourth-order valence-electron chi connectivity index (χ4n) is 6.65. The van der Waals surface area contributed by atoms with Gasteiger partial charge < -0.3 is 24.9 Å². The number of piperidine rings is 1. The molecule has 6 amide bonds. The van der Waals surface area contributed by atoms with E-state index in [4.69, 9.17) is 4.74 Å². The van der Waals surface area contributed by atoms with E-state index in [0.717, 1.165) is 4.90 Å². The molecule has 0 saturated carbocycles. The summed E-state index contributed by atoms with van der Waals surface area (Å²) < 4.78 is 24.3. The monoisotopic (exact) mass is 773 g/mol. The van der Waals surface area contributed by atoms with Gasteiger partial charge in [-0.25, -0.2) is 4.39 Å². The highest BCUT2D eigenvalue weighted by atomic mass is 19.1. The quantitative estimate of drug-likeness (QED) is 0.0925. The first-order valence-corrected chi connectivity index (χ1v) is 17.5. The van der Waals surface area contributed by atoms with Crippen molar-refractivity contribution in [3.63, 3.8) is 0 Å². The number of aliphatic hydroxyl groups is 1. The first-order valence-electron chi connectivity index (χ1n) is 17.5. The van der Waals surface area contributed by atoms with Crippen LogP contribution >= 0.6 is 0 Å². The molecule has 16 nitrogen and oxygen atoms in total. The molecule has 1 atom stereocenters. The number of hydrogen-bond donors (Lipinski definition) is 4. The number of anilines is 1. The van der Waals surface area contributed by atoms with Gasteiger partial charge in [-0.2, -0.15) is 5.10 Å². The maximum atomic E-state index is 15.7. The van der Waals surface area contributed by atoms with Crippen molar-refractivity contribution >= 4 is 52.4 Å². The van der Waals surface area contributed by atoms with Gasteiger partial charge in [0.05, 0.1) is 52.9 Å². The average molecular weight is 774 g/mol. The standard InChI is InChI=1S/C40H32FN7O9/c1-21(50)31-16-28(37(53)44-29-14-22(19-49)13-27(36(29)41)24-17-43-46(2)18-24)32-15-25(10-12-47(31)32)57-20-34(52)42-11-4-6-23-5-3-7-26-35(23)40(56)48(39(26)55)30-8-9-33(51)45-38(30)54/h3,5,7,10,12-18,30,49H,8-9,11,19-20H2,1-2H3,(H,42,52)(H,44,53)(H,45,51,54). The van der Waals surface area contributed by atoms with Crippen LogP contribution in [0.3, 0.4) is 0 Å². The number of ether oxygens (including phenoxy) is 1. The van der Waals surface area contributed by atoms with Crippen LogP contribution in [0.1, 0.15) is 72.5 Å². The molecule has 5 heterocycles. The number of halogens is 1. The van der Waals surface area contributed by atoms with Crippen LogP contribution in [0.2, 0.25) is 0 Å². The number of carbonyl (C=O) groups excluding carboxylic acids is 7. The van der Waals surface area contributed by atoms with Gasteiger partial charge in [-0.05, 0) is 48.4 Å². The Labute approximate surface area is 322 Å². The number of rotatable bonds is 10. The Morgan fingerprint density at radius 2 is 1.88 bits per heavy atom. The van der Waals surface area contributed by atoms with Gasteiger partial charge in [-0.15, -0.1) is 0 Å². The van der Waals surface area contributed by atoms with Crippen molar-refractivity contribution in [3.05, 3.63) is 106 Å². The average Bonchev–Trinajstić information content (AvgIpc) is 3.87. The summed E-state index contributed by atoms with van der Waals surface area (Å²) in [5.74, 6) is 0.680. The molecule has 57 heavy (non-hydrogen) atoms. The molecule has 0 aliphatic carbocycles. The molecule has 1 unspecified atom stereocenters. The fraction of sp³-hybridized carbons (Fsp3) is 0.200. The van der Waals surface area contributed by atoms with Crippen LogP contribution in [-0.2, 0) is 28.0 Å². The van der Waals surface area contributed by atoms with Crippen molar-refractivity contribution in [2.45, 2.75) is 32.4 Å². The fourth-order valence-corrected chi connectivity index (χ4v) is 6.65. The van der Waals surface area contributed by atoms with Crippen LogP contribution in [0.25, 0.3) is 16.6 Å². The highest BCUT2D eigenvalue weighted by Gasteiger charge is 2.45. The van der Waals surface area contributed by atoms with E-state index in [2.05, 4.69) is 32.9 Å². The second-order valence-electron chi connectivity index (χ2n) is 13.2. The number of nitrogens with one attached hydrogen (secondary N) is 3. The molecule has 1 saturated heterocycles. The molecule has 0 radical (unpaired) electrons. The van der Waals surface area contributed by atoms with Crippen LogP contribution in [0.5, 0.6) is 5.75 Å². The molecule has 2 aliphatic rings. The molecular weight excluding hydrogens is 741 g/mol. The number of amides is 6. The summed E-state index contributed by atoms with van der Waals surface area (Å²) in [5, 5.41) is 21.2. The summed E-state index contributed by atoms with van der Waals surface area (Å²) in [4.78, 5) is 90.0. The Morgan fingerprint density at radius 1 is 1.07 bits per heavy atom. The Balaban J connectivity index is 1.02. The van der Waals surface area contributed by atoms with Gasteiger partial charge in [0.2, 0.25) is 11.8 Å². The number of Topliss-reactive ketones (excluding diaryl/α,β-unsaturated/α-hetero) is 1. The number of ketones is 1. The summed E-state index contributed by atoms with van der Waals surface area (Å²) in [7, 11) is 1.67. The second-order valence-corrected chi connectivity index (χ2v) is 13.2. The molecule has 4 N–H and O–H groups in total. The molecule has 288 valence electrons. The molecule has 7 rings (SSSR count). The molecule has 5 aromatic rings. The van der Waals surface area contributed by atoms with Crippen molar-refractivity contribution in [1.29, 1.82) is 0 Å². The first-order chi connectivity index (χ1) is 27.3. The Hall–Kier alpha value is -7.45. The smallest absolute Gasteiger partial charge is 0.263 e. The van der Waals surface area contributed by atoms with E-state index in [1.807, 2.05) is 0 Å². The van der Waals surface area contributed by atoms with Crippen LogP contribution in [0, 0.1) is 17.7 Å². The number of aromatic nitrogens is 3. The van der Waals surface area contributed by atoms with E-state index in [-0.39, 0.29) is 75.6 Å².